The van der Waals surface area contributed by atoms with Crippen LogP contribution in [0.4, 0.5) is 0 Å². The van der Waals surface area contributed by atoms with Gasteiger partial charge >= 0.3 is 0 Å². The molecule has 1 aromatic rings. The third-order valence-corrected chi connectivity index (χ3v) is 4.14. The Kier molecular flexibility index (Phi) is 5.15. The zero-order valence-electron chi connectivity index (χ0n) is 12.2. The zero-order chi connectivity index (χ0) is 13.7. The van der Waals surface area contributed by atoms with Crippen molar-refractivity contribution >= 4 is 5.78 Å². The highest BCUT2D eigenvalue weighted by Crippen LogP contribution is 2.25. The van der Waals surface area contributed by atoms with Gasteiger partial charge in [-0.1, -0.05) is 42.7 Å². The number of carbonyl (C=O) groups excluding carboxylic acids is 1. The van der Waals surface area contributed by atoms with Crippen LogP contribution in [0.25, 0.3) is 0 Å². The van der Waals surface area contributed by atoms with Crippen molar-refractivity contribution in [3.8, 4) is 0 Å². The minimum absolute atomic E-state index is 0.262. The average molecular weight is 259 g/mol. The summed E-state index contributed by atoms with van der Waals surface area (Å²) in [4.78, 5) is 14.4. The monoisotopic (exact) mass is 259 g/mol. The molecule has 1 aromatic carbocycles. The highest BCUT2D eigenvalue weighted by molar-refractivity contribution is 5.96. The summed E-state index contributed by atoms with van der Waals surface area (Å²) >= 11 is 0. The lowest BCUT2D eigenvalue weighted by Gasteiger charge is -2.20. The number of carbonyl (C=O) groups is 1. The molecule has 1 fully saturated rings. The molecule has 0 radical (unpaired) electrons. The summed E-state index contributed by atoms with van der Waals surface area (Å²) in [7, 11) is 2.14. The van der Waals surface area contributed by atoms with Crippen LogP contribution < -0.4 is 0 Å². The van der Waals surface area contributed by atoms with Crippen LogP contribution in [0.15, 0.2) is 24.3 Å². The third kappa shape index (κ3) is 4.46. The Morgan fingerprint density at radius 2 is 1.84 bits per heavy atom. The van der Waals surface area contributed by atoms with E-state index in [0.717, 1.165) is 24.6 Å². The minimum Gasteiger partial charge on any atom is -0.306 e. The molecule has 0 spiro atoms. The van der Waals surface area contributed by atoms with Crippen molar-refractivity contribution in [2.75, 3.05) is 20.1 Å². The summed E-state index contributed by atoms with van der Waals surface area (Å²) in [5, 5.41) is 0. The van der Waals surface area contributed by atoms with Crippen LogP contribution in [0.5, 0.6) is 0 Å². The molecule has 1 saturated carbocycles. The predicted molar refractivity (Wildman–Crippen MR) is 79.6 cm³/mol. The Morgan fingerprint density at radius 1 is 1.21 bits per heavy atom. The molecule has 2 rings (SSSR count). The van der Waals surface area contributed by atoms with Gasteiger partial charge in [-0.3, -0.25) is 4.79 Å². The number of Topliss-reactive ketones (excluding diaryl/α,β-unsaturated/α-hetero) is 1. The van der Waals surface area contributed by atoms with E-state index >= 15 is 0 Å². The van der Waals surface area contributed by atoms with Crippen molar-refractivity contribution in [2.45, 2.75) is 39.0 Å². The van der Waals surface area contributed by atoms with Gasteiger partial charge in [-0.05, 0) is 32.7 Å². The molecule has 0 unspecified atom stereocenters. The van der Waals surface area contributed by atoms with Gasteiger partial charge in [0.2, 0.25) is 0 Å². The second-order valence-electron chi connectivity index (χ2n) is 5.95. The van der Waals surface area contributed by atoms with Crippen LogP contribution in [-0.2, 0) is 0 Å². The van der Waals surface area contributed by atoms with E-state index in [9.17, 15) is 4.79 Å². The van der Waals surface area contributed by atoms with Crippen LogP contribution in [0.1, 0.15) is 48.0 Å². The molecule has 1 aliphatic carbocycles. The van der Waals surface area contributed by atoms with Gasteiger partial charge in [0.15, 0.2) is 5.78 Å². The number of hydrogen-bond acceptors (Lipinski definition) is 2. The van der Waals surface area contributed by atoms with Gasteiger partial charge in [0.05, 0.1) is 0 Å². The van der Waals surface area contributed by atoms with E-state index in [-0.39, 0.29) is 5.78 Å². The molecule has 0 aromatic heterocycles. The van der Waals surface area contributed by atoms with E-state index in [1.54, 1.807) is 0 Å². The molecule has 0 aliphatic heterocycles. The van der Waals surface area contributed by atoms with Crippen LogP contribution in [0.2, 0.25) is 0 Å². The van der Waals surface area contributed by atoms with E-state index in [1.807, 2.05) is 31.2 Å². The zero-order valence-corrected chi connectivity index (χ0v) is 12.2. The summed E-state index contributed by atoms with van der Waals surface area (Å²) in [5.41, 5.74) is 2.05. The van der Waals surface area contributed by atoms with E-state index < -0.39 is 0 Å². The Labute approximate surface area is 116 Å². The molecular formula is C17H25NO. The molecule has 1 aliphatic rings. The fourth-order valence-electron chi connectivity index (χ4n) is 2.90. The Hall–Kier alpha value is -1.15. The van der Waals surface area contributed by atoms with Gasteiger partial charge in [0, 0.05) is 25.1 Å². The summed E-state index contributed by atoms with van der Waals surface area (Å²) in [6.07, 6.45) is 6.15. The van der Waals surface area contributed by atoms with Gasteiger partial charge in [0.1, 0.15) is 0 Å². The van der Waals surface area contributed by atoms with E-state index in [4.69, 9.17) is 0 Å². The topological polar surface area (TPSA) is 20.3 Å². The minimum atomic E-state index is 0.262. The van der Waals surface area contributed by atoms with Crippen molar-refractivity contribution in [1.82, 2.24) is 4.90 Å². The van der Waals surface area contributed by atoms with Gasteiger partial charge in [-0.25, -0.2) is 0 Å². The predicted octanol–water partition coefficient (Wildman–Crippen LogP) is 3.69. The van der Waals surface area contributed by atoms with Crippen molar-refractivity contribution in [3.63, 3.8) is 0 Å². The molecule has 2 heteroatoms. The molecule has 2 nitrogen and oxygen atoms in total. The average Bonchev–Trinajstić information content (AvgIpc) is 2.89. The maximum Gasteiger partial charge on any atom is 0.164 e. The summed E-state index contributed by atoms with van der Waals surface area (Å²) in [6.45, 7) is 4.08. The normalized spacial score (nSPS) is 16.2. The van der Waals surface area contributed by atoms with Gasteiger partial charge in [-0.15, -0.1) is 0 Å². The standard InChI is InChI=1S/C17H25NO/c1-14-7-9-16(10-8-14)17(19)11-12-18(2)13-15-5-3-4-6-15/h7-10,15H,3-6,11-13H2,1-2H3. The second-order valence-corrected chi connectivity index (χ2v) is 5.95. The highest BCUT2D eigenvalue weighted by atomic mass is 16.1. The maximum absolute atomic E-state index is 12.1. The van der Waals surface area contributed by atoms with E-state index in [0.29, 0.717) is 6.42 Å². The van der Waals surface area contributed by atoms with E-state index in [2.05, 4.69) is 11.9 Å². The number of rotatable bonds is 6. The number of aryl methyl sites for hydroxylation is 1. The number of ketones is 1. The van der Waals surface area contributed by atoms with Crippen molar-refractivity contribution in [3.05, 3.63) is 35.4 Å². The summed E-state index contributed by atoms with van der Waals surface area (Å²) < 4.78 is 0. The molecule has 104 valence electrons. The number of benzene rings is 1. The first kappa shape index (κ1) is 14.3. The Balaban J connectivity index is 1.74. The molecule has 0 atom stereocenters. The maximum atomic E-state index is 12.1. The second kappa shape index (κ2) is 6.85. The molecule has 0 amide bonds. The summed E-state index contributed by atoms with van der Waals surface area (Å²) in [5.74, 6) is 1.12. The largest absolute Gasteiger partial charge is 0.306 e. The molecule has 0 saturated heterocycles. The fourth-order valence-corrected chi connectivity index (χ4v) is 2.90. The van der Waals surface area contributed by atoms with Crippen molar-refractivity contribution in [2.24, 2.45) is 5.92 Å². The SMILES string of the molecule is Cc1ccc(C(=O)CCN(C)CC2CCCC2)cc1. The quantitative estimate of drug-likeness (QED) is 0.726. The molecular weight excluding hydrogens is 234 g/mol. The third-order valence-electron chi connectivity index (χ3n) is 4.14. The van der Waals surface area contributed by atoms with Crippen LogP contribution in [-0.4, -0.2) is 30.8 Å². The Morgan fingerprint density at radius 3 is 2.47 bits per heavy atom. The van der Waals surface area contributed by atoms with Crippen molar-refractivity contribution < 1.29 is 4.79 Å². The lowest BCUT2D eigenvalue weighted by Crippen LogP contribution is -2.27. The number of hydrogen-bond donors (Lipinski definition) is 0. The molecule has 19 heavy (non-hydrogen) atoms. The highest BCUT2D eigenvalue weighted by Gasteiger charge is 2.17. The molecule has 0 heterocycles. The first-order valence-corrected chi connectivity index (χ1v) is 7.43. The molecule has 0 N–H and O–H groups in total. The number of nitrogens with zero attached hydrogens (tertiary/aromatic N) is 1. The fraction of sp³-hybridized carbons (Fsp3) is 0.588. The van der Waals surface area contributed by atoms with Crippen LogP contribution in [0.3, 0.4) is 0 Å². The van der Waals surface area contributed by atoms with Crippen molar-refractivity contribution in [1.29, 1.82) is 0 Å². The van der Waals surface area contributed by atoms with Crippen LogP contribution >= 0.6 is 0 Å². The lowest BCUT2D eigenvalue weighted by atomic mass is 10.1. The lowest BCUT2D eigenvalue weighted by molar-refractivity contribution is 0.0966. The smallest absolute Gasteiger partial charge is 0.164 e. The van der Waals surface area contributed by atoms with E-state index in [1.165, 1.54) is 31.2 Å². The van der Waals surface area contributed by atoms with Gasteiger partial charge < -0.3 is 4.90 Å². The van der Waals surface area contributed by atoms with Gasteiger partial charge in [0.25, 0.3) is 0 Å². The first-order chi connectivity index (χ1) is 9.15. The summed E-state index contributed by atoms with van der Waals surface area (Å²) in [6, 6.07) is 7.90. The first-order valence-electron chi connectivity index (χ1n) is 7.43. The molecule has 0 bridgehead atoms. The van der Waals surface area contributed by atoms with Gasteiger partial charge in [-0.2, -0.15) is 0 Å². The Bertz CT molecular complexity index is 404. The van der Waals surface area contributed by atoms with Crippen LogP contribution in [0, 0.1) is 12.8 Å².